The molecule has 18 nitrogen and oxygen atoms in total. The van der Waals surface area contributed by atoms with Crippen LogP contribution in [-0.2, 0) is 66.6 Å². The Labute approximate surface area is 314 Å². The highest BCUT2D eigenvalue weighted by Crippen LogP contribution is 2.35. The molecule has 7 atom stereocenters. The average molecular weight is 841 g/mol. The molecule has 2 rings (SSSR count). The van der Waals surface area contributed by atoms with Gasteiger partial charge in [-0.05, 0) is 12.8 Å². The van der Waals surface area contributed by atoms with Crippen molar-refractivity contribution in [2.75, 3.05) is 26.9 Å². The van der Waals surface area contributed by atoms with Crippen LogP contribution in [0.25, 0.3) is 0 Å². The van der Waals surface area contributed by atoms with Gasteiger partial charge >= 0.3 is 42.0 Å². The van der Waals surface area contributed by atoms with E-state index in [0.29, 0.717) is 10.0 Å². The molecular formula is C26H32Cl6N2O16. The molecule has 2 fully saturated rings. The molecule has 0 aromatic heterocycles. The summed E-state index contributed by atoms with van der Waals surface area (Å²) < 4.78 is 43.8. The third-order valence-electron chi connectivity index (χ3n) is 6.29. The molecule has 284 valence electrons. The Morgan fingerprint density at radius 1 is 0.660 bits per heavy atom. The molecule has 0 unspecified atom stereocenters. The summed E-state index contributed by atoms with van der Waals surface area (Å²) in [5.41, 5.74) is 0. The van der Waals surface area contributed by atoms with Gasteiger partial charge in [0, 0.05) is 27.7 Å². The summed E-state index contributed by atoms with van der Waals surface area (Å²) in [4.78, 5) is 88.1. The number of halogens is 6. The topological polar surface area (TPSA) is 209 Å². The lowest BCUT2D eigenvalue weighted by molar-refractivity contribution is -0.336. The van der Waals surface area contributed by atoms with Crippen LogP contribution in [-0.4, -0.2) is 130 Å². The first-order valence-corrected chi connectivity index (χ1v) is 16.4. The van der Waals surface area contributed by atoms with E-state index in [1.807, 2.05) is 0 Å². The number of hydrogen-bond donors (Lipinski definition) is 0. The van der Waals surface area contributed by atoms with Crippen molar-refractivity contribution >= 4 is 112 Å². The summed E-state index contributed by atoms with van der Waals surface area (Å²) >= 11 is 34.4. The summed E-state index contributed by atoms with van der Waals surface area (Å²) in [7, 11) is 0.999. The largest absolute Gasteiger partial charge is 0.467 e. The van der Waals surface area contributed by atoms with Crippen molar-refractivity contribution in [2.24, 2.45) is 0 Å². The number of esters is 5. The van der Waals surface area contributed by atoms with Crippen molar-refractivity contribution in [1.29, 1.82) is 0 Å². The zero-order chi connectivity index (χ0) is 38.1. The van der Waals surface area contributed by atoms with Gasteiger partial charge in [0.25, 0.3) is 0 Å². The van der Waals surface area contributed by atoms with Crippen LogP contribution in [0.4, 0.5) is 9.59 Å². The van der Waals surface area contributed by atoms with Crippen LogP contribution in [0.3, 0.4) is 0 Å². The number of carbonyl (C=O) groups is 7. The third-order valence-corrected chi connectivity index (χ3v) is 6.95. The summed E-state index contributed by atoms with van der Waals surface area (Å²) in [5.74, 6) is -4.62. The highest BCUT2D eigenvalue weighted by Gasteiger charge is 2.55. The molecule has 0 aromatic rings. The highest BCUT2D eigenvalue weighted by molar-refractivity contribution is 6.68. The van der Waals surface area contributed by atoms with Crippen LogP contribution in [0.1, 0.15) is 40.5 Å². The van der Waals surface area contributed by atoms with Crippen molar-refractivity contribution in [3.05, 3.63) is 0 Å². The van der Waals surface area contributed by atoms with E-state index in [0.717, 1.165) is 34.8 Å². The number of methoxy groups -OCH3 is 1. The number of nitrogens with zero attached hydrogens (tertiary/aromatic N) is 2. The van der Waals surface area contributed by atoms with Crippen molar-refractivity contribution < 1.29 is 76.2 Å². The minimum absolute atomic E-state index is 0.292. The van der Waals surface area contributed by atoms with Gasteiger partial charge in [-0.2, -0.15) is 10.0 Å². The molecule has 50 heavy (non-hydrogen) atoms. The fourth-order valence-electron chi connectivity index (χ4n) is 4.61. The van der Waals surface area contributed by atoms with Crippen molar-refractivity contribution in [1.82, 2.24) is 10.0 Å². The Hall–Kier alpha value is -2.45. The Morgan fingerprint density at radius 2 is 1.14 bits per heavy atom. The second-order valence-corrected chi connectivity index (χ2v) is 15.3. The zero-order valence-electron chi connectivity index (χ0n) is 26.8. The smallest absolute Gasteiger partial charge is 0.431 e. The number of carbonyl (C=O) groups excluding carboxylic acids is 7. The first-order valence-electron chi connectivity index (χ1n) is 14.1. The molecule has 0 saturated carbocycles. The van der Waals surface area contributed by atoms with E-state index >= 15 is 0 Å². The molecule has 2 amide bonds. The maximum absolute atomic E-state index is 13.6. The van der Waals surface area contributed by atoms with Crippen LogP contribution < -0.4 is 0 Å². The first-order chi connectivity index (χ1) is 23.0. The van der Waals surface area contributed by atoms with Crippen LogP contribution in [0.2, 0.25) is 0 Å². The normalized spacial score (nSPS) is 25.5. The van der Waals surface area contributed by atoms with E-state index in [-0.39, 0.29) is 12.8 Å². The minimum Gasteiger partial charge on any atom is -0.467 e. The maximum Gasteiger partial charge on any atom is 0.431 e. The van der Waals surface area contributed by atoms with Crippen molar-refractivity contribution in [3.63, 3.8) is 0 Å². The lowest BCUT2D eigenvalue weighted by Gasteiger charge is -2.48. The molecule has 2 aliphatic heterocycles. The molecule has 24 heteroatoms. The molecule has 0 aromatic carbocycles. The molecule has 2 heterocycles. The number of hydrogen-bond acceptors (Lipinski definition) is 16. The second kappa shape index (κ2) is 18.9. The van der Waals surface area contributed by atoms with Crippen LogP contribution in [0.15, 0.2) is 0 Å². The van der Waals surface area contributed by atoms with Gasteiger partial charge in [-0.3, -0.25) is 19.2 Å². The van der Waals surface area contributed by atoms with Gasteiger partial charge < -0.3 is 42.6 Å². The molecule has 2 aliphatic rings. The molecule has 0 spiro atoms. The average Bonchev–Trinajstić information content (AvgIpc) is 2.98. The molecule has 0 bridgehead atoms. The Bertz CT molecular complexity index is 1280. The Balaban J connectivity index is 2.70. The molecule has 2 saturated heterocycles. The fourth-order valence-corrected chi connectivity index (χ4v) is 4.93. The van der Waals surface area contributed by atoms with E-state index in [2.05, 4.69) is 0 Å². The monoisotopic (exact) mass is 838 g/mol. The number of amides is 2. The SMILES string of the molecule is COC(=O)[C@@H]1CC[C@H](O[C@@H]2O[C@H](COC(C)=O)[C@@H](OC(C)=O)[C@H](OC(C)=O)[C@H]2OC(C)=O)N(C(=O)OCC(Cl)(Cl)Cl)N1C(=O)OCC(Cl)(Cl)Cl. The van der Waals surface area contributed by atoms with E-state index < -0.39 is 112 Å². The predicted octanol–water partition coefficient (Wildman–Crippen LogP) is 3.28. The van der Waals surface area contributed by atoms with Gasteiger partial charge in [0.05, 0.1) is 7.11 Å². The van der Waals surface area contributed by atoms with E-state index in [9.17, 15) is 33.6 Å². The Kier molecular flexibility index (Phi) is 16.5. The third kappa shape index (κ3) is 13.6. The van der Waals surface area contributed by atoms with E-state index in [4.69, 9.17) is 112 Å². The predicted molar refractivity (Wildman–Crippen MR) is 169 cm³/mol. The van der Waals surface area contributed by atoms with Crippen LogP contribution in [0, 0.1) is 0 Å². The van der Waals surface area contributed by atoms with Gasteiger partial charge in [0.15, 0.2) is 30.6 Å². The minimum atomic E-state index is -2.16. The second-order valence-electron chi connectivity index (χ2n) is 10.3. The molecule has 0 N–H and O–H groups in total. The maximum atomic E-state index is 13.6. The van der Waals surface area contributed by atoms with E-state index in [1.54, 1.807) is 0 Å². The fraction of sp³-hybridized carbons (Fsp3) is 0.731. The quantitative estimate of drug-likeness (QED) is 0.176. The van der Waals surface area contributed by atoms with Crippen molar-refractivity contribution in [2.45, 2.75) is 91.1 Å². The van der Waals surface area contributed by atoms with E-state index in [1.165, 1.54) is 0 Å². The lowest BCUT2D eigenvalue weighted by atomic mass is 9.98. The number of hydrazine groups is 1. The van der Waals surface area contributed by atoms with Gasteiger partial charge in [-0.15, -0.1) is 0 Å². The van der Waals surface area contributed by atoms with Crippen LogP contribution >= 0.6 is 69.6 Å². The highest BCUT2D eigenvalue weighted by atomic mass is 35.6. The summed E-state index contributed by atoms with van der Waals surface area (Å²) in [6.45, 7) is 1.70. The summed E-state index contributed by atoms with van der Waals surface area (Å²) in [6, 6.07) is -1.58. The number of alkyl halides is 6. The van der Waals surface area contributed by atoms with Gasteiger partial charge in [-0.1, -0.05) is 69.6 Å². The molecule has 0 radical (unpaired) electrons. The first kappa shape index (κ1) is 43.7. The zero-order valence-corrected chi connectivity index (χ0v) is 31.3. The lowest BCUT2D eigenvalue weighted by Crippen LogP contribution is -2.67. The molecule has 0 aliphatic carbocycles. The van der Waals surface area contributed by atoms with Gasteiger partial charge in [-0.25, -0.2) is 14.4 Å². The van der Waals surface area contributed by atoms with Gasteiger partial charge in [0.2, 0.25) is 13.9 Å². The molecular weight excluding hydrogens is 809 g/mol. The van der Waals surface area contributed by atoms with Crippen LogP contribution in [0.5, 0.6) is 0 Å². The van der Waals surface area contributed by atoms with Gasteiger partial charge in [0.1, 0.15) is 25.9 Å². The van der Waals surface area contributed by atoms with Crippen molar-refractivity contribution in [3.8, 4) is 0 Å². The number of ether oxygens (including phenoxy) is 9. The Morgan fingerprint density at radius 3 is 1.60 bits per heavy atom. The summed E-state index contributed by atoms with van der Waals surface area (Å²) in [6.07, 6.45) is -13.5. The standard InChI is InChI=1S/C26H32Cl6N2O16/c1-11(35)43-8-16-18(46-12(2)36)19(47-13(3)37)20(48-14(4)38)22(49-16)50-17-7-6-15(21(39)42-5)33(23(40)44-9-25(27,28)29)34(17)24(41)45-10-26(30,31)32/h15-20,22H,6-10H2,1-5H3/t15-,16+,17-,18+,19-,20+,22-/m0/s1. The summed E-state index contributed by atoms with van der Waals surface area (Å²) in [5, 5.41) is 0.874. The number of rotatable bonds is 10.